The van der Waals surface area contributed by atoms with Crippen LogP contribution in [-0.4, -0.2) is 63.0 Å². The topological polar surface area (TPSA) is 101 Å². The number of aliphatic imine (C=N–C) groups is 1. The molecule has 0 aromatic rings. The zero-order chi connectivity index (χ0) is 26.8. The number of nitrogens with one attached hydrogen (secondary N) is 3. The molecule has 0 bridgehead atoms. The minimum atomic E-state index is -4.80. The Morgan fingerprint density at radius 1 is 1.14 bits per heavy atom. The number of amides is 1. The van der Waals surface area contributed by atoms with E-state index in [9.17, 15) is 31.1 Å². The first-order chi connectivity index (χ1) is 16.9. The zero-order valence-corrected chi connectivity index (χ0v) is 19.9. The molecule has 0 aromatic heterocycles. The predicted octanol–water partition coefficient (Wildman–Crippen LogP) is 3.46. The minimum Gasteiger partial charge on any atom is -0.381 e. The summed E-state index contributed by atoms with van der Waals surface area (Å²) in [6, 6.07) is 0.260. The number of nitrogens with zero attached hydrogens (tertiary/aromatic N) is 1. The number of alkyl halides is 6. The molecule has 2 fully saturated rings. The molecular weight excluding hydrogens is 492 g/mol. The summed E-state index contributed by atoms with van der Waals surface area (Å²) in [5.41, 5.74) is -0.267. The van der Waals surface area contributed by atoms with Crippen LogP contribution in [0.2, 0.25) is 0 Å². The van der Waals surface area contributed by atoms with Crippen LogP contribution in [0.1, 0.15) is 38.5 Å². The van der Waals surface area contributed by atoms with Gasteiger partial charge in [0.25, 0.3) is 0 Å². The molecule has 1 aliphatic heterocycles. The first-order valence-corrected chi connectivity index (χ1v) is 11.6. The van der Waals surface area contributed by atoms with Crippen LogP contribution in [-0.2, 0) is 9.53 Å². The van der Waals surface area contributed by atoms with E-state index >= 15 is 0 Å². The Morgan fingerprint density at radius 2 is 1.83 bits per heavy atom. The van der Waals surface area contributed by atoms with Gasteiger partial charge in [-0.2, -0.15) is 26.3 Å². The van der Waals surface area contributed by atoms with Crippen molar-refractivity contribution in [3.05, 3.63) is 36.0 Å². The van der Waals surface area contributed by atoms with Crippen molar-refractivity contribution in [2.75, 3.05) is 26.3 Å². The zero-order valence-electron chi connectivity index (χ0n) is 19.9. The van der Waals surface area contributed by atoms with Crippen LogP contribution < -0.4 is 21.9 Å². The number of ether oxygens (including phenoxy) is 1. The highest BCUT2D eigenvalue weighted by atomic mass is 19.4. The number of hydrazine groups is 1. The van der Waals surface area contributed by atoms with Crippen molar-refractivity contribution in [2.45, 2.75) is 63.0 Å². The van der Waals surface area contributed by atoms with E-state index in [1.54, 1.807) is 0 Å². The number of rotatable bonds is 11. The van der Waals surface area contributed by atoms with Crippen molar-refractivity contribution < 1.29 is 35.9 Å². The van der Waals surface area contributed by atoms with E-state index in [0.717, 1.165) is 12.8 Å². The molecule has 0 radical (unpaired) electrons. The number of hydrogen-bond acceptors (Lipinski definition) is 5. The molecule has 1 amide bonds. The largest absolute Gasteiger partial charge is 0.416 e. The third-order valence-corrected chi connectivity index (χ3v) is 6.28. The second-order valence-electron chi connectivity index (χ2n) is 8.99. The Morgan fingerprint density at radius 3 is 2.42 bits per heavy atom. The average Bonchev–Trinajstić information content (AvgIpc) is 3.21. The second kappa shape index (κ2) is 13.2. The number of carbonyl (C=O) groups excluding carboxylic acids is 1. The minimum absolute atomic E-state index is 0.0117. The van der Waals surface area contributed by atoms with E-state index in [2.05, 4.69) is 27.6 Å². The third kappa shape index (κ3) is 9.58. The van der Waals surface area contributed by atoms with Gasteiger partial charge in [0.2, 0.25) is 5.91 Å². The lowest BCUT2D eigenvalue weighted by molar-refractivity contribution is -0.130. The lowest BCUT2D eigenvalue weighted by atomic mass is 9.84. The van der Waals surface area contributed by atoms with Crippen molar-refractivity contribution in [3.8, 4) is 0 Å². The van der Waals surface area contributed by atoms with E-state index in [1.165, 1.54) is 6.34 Å². The average molecular weight is 526 g/mol. The summed E-state index contributed by atoms with van der Waals surface area (Å²) >= 11 is 0. The van der Waals surface area contributed by atoms with Crippen molar-refractivity contribution in [2.24, 2.45) is 16.3 Å². The van der Waals surface area contributed by atoms with Crippen LogP contribution >= 0.6 is 0 Å². The number of halogens is 6. The molecule has 5 N–H and O–H groups in total. The summed E-state index contributed by atoms with van der Waals surface area (Å²) < 4.78 is 83.0. The maximum absolute atomic E-state index is 13.3. The molecule has 2 rings (SSSR count). The van der Waals surface area contributed by atoms with Crippen molar-refractivity contribution in [1.82, 2.24) is 16.1 Å². The molecule has 13 heteroatoms. The fourth-order valence-corrected chi connectivity index (χ4v) is 4.42. The van der Waals surface area contributed by atoms with Gasteiger partial charge in [-0.15, -0.1) is 0 Å². The molecule has 204 valence electrons. The Hall–Kier alpha value is -2.38. The van der Waals surface area contributed by atoms with Crippen LogP contribution in [0.5, 0.6) is 0 Å². The standard InChI is InChI=1S/C23H33F6N5O2/c1-2-17(23(27,28)29)11-16(3-8-22(24,25)26)13-32-20(35)21(14-31-15-33-30)7-4-19(12-21)34-18-5-9-36-10-6-18/h2-3,11,15,18-19,34H,1,4-10,12-14,30H2,(H,31,33)(H,32,35)/b16-3+,17-11+/t19-,21+/m1/s1. The van der Waals surface area contributed by atoms with Gasteiger partial charge in [-0.3, -0.25) is 9.79 Å². The SMILES string of the molecule is C=C/C(=C\C(=C/CC(F)(F)F)CNC(=O)[C@@]1(CN=CNN)CC[C@@H](NC2CCOCC2)C1)C(F)(F)F. The molecule has 1 aliphatic carbocycles. The van der Waals surface area contributed by atoms with Gasteiger partial charge in [0.15, 0.2) is 0 Å². The predicted molar refractivity (Wildman–Crippen MR) is 124 cm³/mol. The summed E-state index contributed by atoms with van der Waals surface area (Å²) in [5, 5.41) is 6.08. The molecule has 7 nitrogen and oxygen atoms in total. The van der Waals surface area contributed by atoms with E-state index in [0.29, 0.717) is 50.7 Å². The highest BCUT2D eigenvalue weighted by molar-refractivity contribution is 5.84. The fourth-order valence-electron chi connectivity index (χ4n) is 4.42. The Labute approximate surface area is 206 Å². The third-order valence-electron chi connectivity index (χ3n) is 6.28. The van der Waals surface area contributed by atoms with Crippen molar-refractivity contribution >= 4 is 12.2 Å². The Kier molecular flexibility index (Phi) is 11.0. The molecule has 2 atom stereocenters. The van der Waals surface area contributed by atoms with Gasteiger partial charge in [-0.1, -0.05) is 18.7 Å². The van der Waals surface area contributed by atoms with Gasteiger partial charge in [0, 0.05) is 31.8 Å². The summed E-state index contributed by atoms with van der Waals surface area (Å²) in [4.78, 5) is 17.4. The quantitative estimate of drug-likeness (QED) is 0.0827. The summed E-state index contributed by atoms with van der Waals surface area (Å²) in [6.07, 6.45) is -4.71. The lowest BCUT2D eigenvalue weighted by Crippen LogP contribution is -2.45. The highest BCUT2D eigenvalue weighted by Crippen LogP contribution is 2.39. The molecule has 36 heavy (non-hydrogen) atoms. The van der Waals surface area contributed by atoms with Crippen molar-refractivity contribution in [3.63, 3.8) is 0 Å². The number of allylic oxidation sites excluding steroid dienone is 3. The highest BCUT2D eigenvalue weighted by Gasteiger charge is 2.45. The first-order valence-electron chi connectivity index (χ1n) is 11.6. The van der Waals surface area contributed by atoms with Crippen LogP contribution in [0.15, 0.2) is 40.9 Å². The van der Waals surface area contributed by atoms with Crippen molar-refractivity contribution in [1.29, 1.82) is 0 Å². The van der Waals surface area contributed by atoms with Gasteiger partial charge in [-0.05, 0) is 43.8 Å². The van der Waals surface area contributed by atoms with E-state index in [-0.39, 0.29) is 24.2 Å². The van der Waals surface area contributed by atoms with Crippen LogP contribution in [0, 0.1) is 5.41 Å². The van der Waals surface area contributed by atoms with Gasteiger partial charge < -0.3 is 20.8 Å². The normalized spacial score (nSPS) is 24.8. The number of carbonyl (C=O) groups is 1. The van der Waals surface area contributed by atoms with E-state index < -0.39 is 42.2 Å². The van der Waals surface area contributed by atoms with Gasteiger partial charge >= 0.3 is 12.4 Å². The summed E-state index contributed by atoms with van der Waals surface area (Å²) in [5.74, 6) is 4.72. The van der Waals surface area contributed by atoms with Crippen LogP contribution in [0.25, 0.3) is 0 Å². The molecule has 0 aromatic carbocycles. The Balaban J connectivity index is 2.17. The smallest absolute Gasteiger partial charge is 0.381 e. The summed E-state index contributed by atoms with van der Waals surface area (Å²) in [6.45, 7) is 3.93. The molecule has 1 saturated heterocycles. The lowest BCUT2D eigenvalue weighted by Gasteiger charge is -2.29. The van der Waals surface area contributed by atoms with Crippen LogP contribution in [0.4, 0.5) is 26.3 Å². The van der Waals surface area contributed by atoms with Gasteiger partial charge in [0.1, 0.15) is 0 Å². The Bertz CT molecular complexity index is 834. The van der Waals surface area contributed by atoms with E-state index in [1.807, 2.05) is 0 Å². The monoisotopic (exact) mass is 525 g/mol. The first kappa shape index (κ1) is 29.8. The van der Waals surface area contributed by atoms with E-state index in [4.69, 9.17) is 10.6 Å². The molecule has 1 heterocycles. The summed E-state index contributed by atoms with van der Waals surface area (Å²) in [7, 11) is 0. The van der Waals surface area contributed by atoms with Gasteiger partial charge in [0.05, 0.1) is 30.3 Å². The molecule has 2 aliphatic rings. The van der Waals surface area contributed by atoms with Gasteiger partial charge in [-0.25, -0.2) is 5.84 Å². The molecule has 0 unspecified atom stereocenters. The second-order valence-corrected chi connectivity index (χ2v) is 8.99. The van der Waals surface area contributed by atoms with Crippen LogP contribution in [0.3, 0.4) is 0 Å². The number of nitrogens with two attached hydrogens (primary N) is 1. The molecule has 0 spiro atoms. The maximum atomic E-state index is 13.3. The maximum Gasteiger partial charge on any atom is 0.416 e. The number of hydrogen-bond donors (Lipinski definition) is 4. The fraction of sp³-hybridized carbons (Fsp3) is 0.652. The molecule has 1 saturated carbocycles. The molecular formula is C23H33F6N5O2.